The lowest BCUT2D eigenvalue weighted by molar-refractivity contribution is 0.0697. The van der Waals surface area contributed by atoms with Gasteiger partial charge in [0.05, 0.1) is 10.6 Å². The van der Waals surface area contributed by atoms with Crippen LogP contribution in [0.4, 0.5) is 11.5 Å². The van der Waals surface area contributed by atoms with Crippen LogP contribution in [0.15, 0.2) is 24.3 Å². The Morgan fingerprint density at radius 1 is 1.29 bits per heavy atom. The molecule has 0 amide bonds. The highest BCUT2D eigenvalue weighted by atomic mass is 35.5. The summed E-state index contributed by atoms with van der Waals surface area (Å²) >= 11 is 5.95. The first-order chi connectivity index (χ1) is 9.86. The molecule has 0 aliphatic heterocycles. The van der Waals surface area contributed by atoms with Gasteiger partial charge >= 0.3 is 5.97 Å². The van der Waals surface area contributed by atoms with Gasteiger partial charge in [-0.15, -0.1) is 0 Å². The number of aryl methyl sites for hydroxylation is 1. The minimum absolute atomic E-state index is 0.0731. The van der Waals surface area contributed by atoms with Crippen molar-refractivity contribution in [2.75, 3.05) is 5.32 Å². The molecule has 0 atom stereocenters. The molecular weight excluding hydrogens is 290 g/mol. The van der Waals surface area contributed by atoms with E-state index in [1.807, 2.05) is 26.8 Å². The van der Waals surface area contributed by atoms with Crippen LogP contribution in [0.5, 0.6) is 0 Å². The Morgan fingerprint density at radius 3 is 2.57 bits per heavy atom. The van der Waals surface area contributed by atoms with Gasteiger partial charge in [-0.05, 0) is 25.1 Å². The number of rotatable bonds is 4. The number of hydrogen-bond acceptors (Lipinski definition) is 4. The molecule has 6 heteroatoms. The lowest BCUT2D eigenvalue weighted by Crippen LogP contribution is -2.04. The largest absolute Gasteiger partial charge is 0.478 e. The molecule has 1 heterocycles. The van der Waals surface area contributed by atoms with Gasteiger partial charge in [0, 0.05) is 23.4 Å². The van der Waals surface area contributed by atoms with Crippen molar-refractivity contribution in [2.24, 2.45) is 0 Å². The highest BCUT2D eigenvalue weighted by molar-refractivity contribution is 6.33. The zero-order valence-corrected chi connectivity index (χ0v) is 12.8. The Kier molecular flexibility index (Phi) is 4.43. The molecule has 0 saturated heterocycles. The van der Waals surface area contributed by atoms with E-state index >= 15 is 0 Å². The third-order valence-corrected chi connectivity index (χ3v) is 3.17. The molecule has 0 fully saturated rings. The standard InChI is InChI=1S/C15H16ClN3O2/c1-8(2)14-17-9(3)6-13(19-14)18-10-4-5-11(15(20)21)12(16)7-10/h4-8H,1-3H3,(H,20,21)(H,17,18,19). The Labute approximate surface area is 128 Å². The SMILES string of the molecule is Cc1cc(Nc2ccc(C(=O)O)c(Cl)c2)nc(C(C)C)n1. The third kappa shape index (κ3) is 3.70. The number of benzene rings is 1. The predicted octanol–water partition coefficient (Wildman–Crippen LogP) is 4.00. The van der Waals surface area contributed by atoms with Gasteiger partial charge < -0.3 is 10.4 Å². The number of nitrogens with zero attached hydrogens (tertiary/aromatic N) is 2. The van der Waals surface area contributed by atoms with Crippen molar-refractivity contribution in [3.63, 3.8) is 0 Å². The van der Waals surface area contributed by atoms with Gasteiger partial charge in [-0.1, -0.05) is 25.4 Å². The summed E-state index contributed by atoms with van der Waals surface area (Å²) in [6.45, 7) is 5.95. The molecule has 0 aliphatic carbocycles. The van der Waals surface area contributed by atoms with Crippen molar-refractivity contribution in [1.29, 1.82) is 0 Å². The van der Waals surface area contributed by atoms with Crippen molar-refractivity contribution in [3.8, 4) is 0 Å². The van der Waals surface area contributed by atoms with Gasteiger partial charge in [0.15, 0.2) is 0 Å². The summed E-state index contributed by atoms with van der Waals surface area (Å²) in [6.07, 6.45) is 0. The number of carbonyl (C=O) groups is 1. The highest BCUT2D eigenvalue weighted by Gasteiger charge is 2.10. The fourth-order valence-electron chi connectivity index (χ4n) is 1.83. The fourth-order valence-corrected chi connectivity index (χ4v) is 2.09. The molecule has 0 bridgehead atoms. The van der Waals surface area contributed by atoms with Crippen molar-refractivity contribution in [3.05, 3.63) is 46.4 Å². The predicted molar refractivity (Wildman–Crippen MR) is 82.6 cm³/mol. The van der Waals surface area contributed by atoms with Crippen LogP contribution in [0.2, 0.25) is 5.02 Å². The van der Waals surface area contributed by atoms with Crippen LogP contribution in [0.1, 0.15) is 41.6 Å². The van der Waals surface area contributed by atoms with Crippen LogP contribution in [-0.2, 0) is 0 Å². The van der Waals surface area contributed by atoms with Crippen LogP contribution in [0.3, 0.4) is 0 Å². The topological polar surface area (TPSA) is 75.1 Å². The van der Waals surface area contributed by atoms with Gasteiger partial charge in [0.25, 0.3) is 0 Å². The lowest BCUT2D eigenvalue weighted by Gasteiger charge is -2.11. The molecule has 21 heavy (non-hydrogen) atoms. The number of carboxylic acid groups (broad SMARTS) is 1. The minimum Gasteiger partial charge on any atom is -0.478 e. The quantitative estimate of drug-likeness (QED) is 0.893. The number of nitrogens with one attached hydrogen (secondary N) is 1. The van der Waals surface area contributed by atoms with Gasteiger partial charge in [0.1, 0.15) is 11.6 Å². The van der Waals surface area contributed by atoms with E-state index in [9.17, 15) is 4.79 Å². The van der Waals surface area contributed by atoms with E-state index in [1.54, 1.807) is 12.1 Å². The maximum atomic E-state index is 10.9. The third-order valence-electron chi connectivity index (χ3n) is 2.86. The van der Waals surface area contributed by atoms with E-state index in [4.69, 9.17) is 16.7 Å². The summed E-state index contributed by atoms with van der Waals surface area (Å²) in [5, 5.41) is 12.3. The Hall–Kier alpha value is -2.14. The number of aromatic carboxylic acids is 1. The summed E-state index contributed by atoms with van der Waals surface area (Å²) in [7, 11) is 0. The van der Waals surface area contributed by atoms with Crippen molar-refractivity contribution >= 4 is 29.1 Å². The summed E-state index contributed by atoms with van der Waals surface area (Å²) in [5.41, 5.74) is 1.62. The molecule has 5 nitrogen and oxygen atoms in total. The van der Waals surface area contributed by atoms with Crippen LogP contribution in [-0.4, -0.2) is 21.0 Å². The molecule has 2 N–H and O–H groups in total. The van der Waals surface area contributed by atoms with E-state index in [0.29, 0.717) is 11.5 Å². The smallest absolute Gasteiger partial charge is 0.337 e. The average molecular weight is 306 g/mol. The van der Waals surface area contributed by atoms with Crippen LogP contribution in [0.25, 0.3) is 0 Å². The van der Waals surface area contributed by atoms with Crippen molar-refractivity contribution < 1.29 is 9.90 Å². The monoisotopic (exact) mass is 305 g/mol. The minimum atomic E-state index is -1.05. The summed E-state index contributed by atoms with van der Waals surface area (Å²) < 4.78 is 0. The molecule has 2 rings (SSSR count). The highest BCUT2D eigenvalue weighted by Crippen LogP contribution is 2.24. The maximum absolute atomic E-state index is 10.9. The maximum Gasteiger partial charge on any atom is 0.337 e. The molecule has 0 aliphatic rings. The second kappa shape index (κ2) is 6.10. The van der Waals surface area contributed by atoms with E-state index in [1.165, 1.54) is 6.07 Å². The molecule has 1 aromatic carbocycles. The van der Waals surface area contributed by atoms with Crippen molar-refractivity contribution in [1.82, 2.24) is 9.97 Å². The Morgan fingerprint density at radius 2 is 2.00 bits per heavy atom. The van der Waals surface area contributed by atoms with E-state index in [2.05, 4.69) is 15.3 Å². The van der Waals surface area contributed by atoms with E-state index < -0.39 is 5.97 Å². The molecule has 0 unspecified atom stereocenters. The fraction of sp³-hybridized carbons (Fsp3) is 0.267. The normalized spacial score (nSPS) is 10.7. The second-order valence-corrected chi connectivity index (χ2v) is 5.44. The summed E-state index contributed by atoms with van der Waals surface area (Å²) in [6, 6.07) is 6.51. The van der Waals surface area contributed by atoms with E-state index in [0.717, 1.165) is 11.5 Å². The Balaban J connectivity index is 2.30. The molecule has 110 valence electrons. The molecular formula is C15H16ClN3O2. The van der Waals surface area contributed by atoms with Crippen LogP contribution in [0, 0.1) is 6.92 Å². The number of halogens is 1. The molecule has 1 aromatic heterocycles. The van der Waals surface area contributed by atoms with Crippen LogP contribution < -0.4 is 5.32 Å². The van der Waals surface area contributed by atoms with Gasteiger partial charge in [-0.2, -0.15) is 0 Å². The lowest BCUT2D eigenvalue weighted by atomic mass is 10.2. The number of hydrogen-bond donors (Lipinski definition) is 2. The zero-order valence-electron chi connectivity index (χ0n) is 12.0. The number of aromatic nitrogens is 2. The molecule has 2 aromatic rings. The second-order valence-electron chi connectivity index (χ2n) is 5.03. The van der Waals surface area contributed by atoms with Crippen molar-refractivity contribution in [2.45, 2.75) is 26.7 Å². The Bertz CT molecular complexity index is 687. The first-order valence-electron chi connectivity index (χ1n) is 6.52. The van der Waals surface area contributed by atoms with Gasteiger partial charge in [-0.3, -0.25) is 0 Å². The number of carboxylic acids is 1. The molecule has 0 radical (unpaired) electrons. The van der Waals surface area contributed by atoms with Gasteiger partial charge in [-0.25, -0.2) is 14.8 Å². The van der Waals surface area contributed by atoms with Crippen LogP contribution >= 0.6 is 11.6 Å². The van der Waals surface area contributed by atoms with Gasteiger partial charge in [0.2, 0.25) is 0 Å². The summed E-state index contributed by atoms with van der Waals surface area (Å²) in [4.78, 5) is 19.7. The number of anilines is 2. The zero-order chi connectivity index (χ0) is 15.6. The van der Waals surface area contributed by atoms with E-state index in [-0.39, 0.29) is 16.5 Å². The molecule has 0 spiro atoms. The first-order valence-corrected chi connectivity index (χ1v) is 6.90. The first kappa shape index (κ1) is 15.3. The average Bonchev–Trinajstić information content (AvgIpc) is 2.37. The summed E-state index contributed by atoms with van der Waals surface area (Å²) in [5.74, 6) is 0.589. The molecule has 0 saturated carbocycles.